The molecule has 0 bridgehead atoms. The predicted octanol–water partition coefficient (Wildman–Crippen LogP) is 3.35. The molecule has 1 aromatic rings. The molecule has 0 aliphatic carbocycles. The van der Waals surface area contributed by atoms with Crippen LogP contribution in [0.4, 0.5) is 4.79 Å². The van der Waals surface area contributed by atoms with Gasteiger partial charge in [0, 0.05) is 0 Å². The Kier molecular flexibility index (Phi) is 7.18. The number of nitrogens with one attached hydrogen (secondary N) is 2. The fourth-order valence-corrected chi connectivity index (χ4v) is 1.96. The molecular weight excluding hydrogens is 280 g/mol. The molecule has 1 atom stereocenters. The maximum absolute atomic E-state index is 11.5. The first kappa shape index (κ1) is 18.3. The summed E-state index contributed by atoms with van der Waals surface area (Å²) in [6.45, 7) is 9.81. The maximum Gasteiger partial charge on any atom is 0.408 e. The van der Waals surface area contributed by atoms with Crippen LogP contribution in [0.15, 0.2) is 24.3 Å². The first-order valence-electron chi connectivity index (χ1n) is 7.77. The Bertz CT molecular complexity index is 440. The second-order valence-electron chi connectivity index (χ2n) is 6.42. The lowest BCUT2D eigenvalue weighted by molar-refractivity contribution is 0.0508. The lowest BCUT2D eigenvalue weighted by Gasteiger charge is -2.22. The molecule has 124 valence electrons. The van der Waals surface area contributed by atoms with Crippen molar-refractivity contribution >= 4 is 6.09 Å². The molecule has 3 N–H and O–H groups in total. The van der Waals surface area contributed by atoms with Crippen LogP contribution in [0, 0.1) is 0 Å². The van der Waals surface area contributed by atoms with Gasteiger partial charge in [-0.1, -0.05) is 12.1 Å². The van der Waals surface area contributed by atoms with Gasteiger partial charge in [-0.15, -0.1) is 0 Å². The number of carbonyl (C=O) groups excluding carboxylic acids is 1. The number of hydrogen-bond donors (Lipinski definition) is 3. The number of carbonyl (C=O) groups is 1. The zero-order valence-corrected chi connectivity index (χ0v) is 14.0. The zero-order valence-electron chi connectivity index (χ0n) is 14.0. The summed E-state index contributed by atoms with van der Waals surface area (Å²) in [6, 6.07) is 6.53. The standard InChI is InChI=1S/C13H19NO3.C4H9N/c1-9(10-5-7-11(15)8-6-10)14-12(16)17-13(2,3)4;1-2-4-5-3-1/h5-9,15H,1-4H3,(H,14,16);5H,1-4H2. The molecular formula is C17H28N2O3. The Balaban J connectivity index is 0.000000406. The summed E-state index contributed by atoms with van der Waals surface area (Å²) < 4.78 is 5.15. The highest BCUT2D eigenvalue weighted by atomic mass is 16.6. The summed E-state index contributed by atoms with van der Waals surface area (Å²) in [4.78, 5) is 11.5. The molecule has 1 aliphatic rings. The van der Waals surface area contributed by atoms with E-state index in [-0.39, 0.29) is 11.8 Å². The van der Waals surface area contributed by atoms with Crippen LogP contribution in [0.5, 0.6) is 5.75 Å². The van der Waals surface area contributed by atoms with Crippen molar-refractivity contribution in [3.8, 4) is 5.75 Å². The molecule has 1 unspecified atom stereocenters. The van der Waals surface area contributed by atoms with E-state index in [1.165, 1.54) is 25.9 Å². The van der Waals surface area contributed by atoms with Crippen molar-refractivity contribution in [2.24, 2.45) is 0 Å². The van der Waals surface area contributed by atoms with Gasteiger partial charge in [-0.3, -0.25) is 0 Å². The molecule has 0 radical (unpaired) electrons. The molecule has 22 heavy (non-hydrogen) atoms. The van der Waals surface area contributed by atoms with Gasteiger partial charge < -0.3 is 20.5 Å². The van der Waals surface area contributed by atoms with Crippen LogP contribution >= 0.6 is 0 Å². The number of phenolic OH excluding ortho intramolecular Hbond substituents is 1. The van der Waals surface area contributed by atoms with E-state index in [0.29, 0.717) is 0 Å². The lowest BCUT2D eigenvalue weighted by Crippen LogP contribution is -2.33. The average molecular weight is 308 g/mol. The zero-order chi connectivity index (χ0) is 16.6. The van der Waals surface area contributed by atoms with Crippen LogP contribution in [0.3, 0.4) is 0 Å². The van der Waals surface area contributed by atoms with Crippen molar-refractivity contribution in [1.29, 1.82) is 0 Å². The average Bonchev–Trinajstić information content (AvgIpc) is 2.95. The number of hydrogen-bond acceptors (Lipinski definition) is 4. The highest BCUT2D eigenvalue weighted by Crippen LogP contribution is 2.17. The van der Waals surface area contributed by atoms with Gasteiger partial charge in [-0.05, 0) is 71.3 Å². The van der Waals surface area contributed by atoms with Gasteiger partial charge in [-0.25, -0.2) is 4.79 Å². The van der Waals surface area contributed by atoms with Crippen LogP contribution in [-0.4, -0.2) is 29.9 Å². The van der Waals surface area contributed by atoms with E-state index < -0.39 is 11.7 Å². The number of benzene rings is 1. The van der Waals surface area contributed by atoms with Crippen molar-refractivity contribution in [3.05, 3.63) is 29.8 Å². The van der Waals surface area contributed by atoms with Gasteiger partial charge >= 0.3 is 6.09 Å². The van der Waals surface area contributed by atoms with Gasteiger partial charge in [0.05, 0.1) is 6.04 Å². The molecule has 5 nitrogen and oxygen atoms in total. The highest BCUT2D eigenvalue weighted by Gasteiger charge is 2.18. The van der Waals surface area contributed by atoms with Gasteiger partial charge in [0.15, 0.2) is 0 Å². The number of alkyl carbamates (subject to hydrolysis) is 1. The third-order valence-corrected chi connectivity index (χ3v) is 3.08. The minimum Gasteiger partial charge on any atom is -0.508 e. The van der Waals surface area contributed by atoms with E-state index >= 15 is 0 Å². The number of phenols is 1. The predicted molar refractivity (Wildman–Crippen MR) is 88.0 cm³/mol. The van der Waals surface area contributed by atoms with Crippen molar-refractivity contribution in [2.75, 3.05) is 13.1 Å². The van der Waals surface area contributed by atoms with E-state index in [1.807, 2.05) is 27.7 Å². The van der Waals surface area contributed by atoms with Gasteiger partial charge in [0.25, 0.3) is 0 Å². The quantitative estimate of drug-likeness (QED) is 0.783. The molecule has 0 saturated carbocycles. The second kappa shape index (κ2) is 8.63. The largest absolute Gasteiger partial charge is 0.508 e. The molecule has 5 heteroatoms. The van der Waals surface area contributed by atoms with E-state index in [1.54, 1.807) is 24.3 Å². The number of aromatic hydroxyl groups is 1. The van der Waals surface area contributed by atoms with Crippen LogP contribution in [-0.2, 0) is 4.74 Å². The summed E-state index contributed by atoms with van der Waals surface area (Å²) in [5.41, 5.74) is 0.410. The monoisotopic (exact) mass is 308 g/mol. The van der Waals surface area contributed by atoms with Crippen molar-refractivity contribution in [1.82, 2.24) is 10.6 Å². The third kappa shape index (κ3) is 7.88. The minimum atomic E-state index is -0.501. The number of rotatable bonds is 2. The maximum atomic E-state index is 11.5. The van der Waals surface area contributed by atoms with Crippen molar-refractivity contribution < 1.29 is 14.6 Å². The minimum absolute atomic E-state index is 0.162. The Morgan fingerprint density at radius 3 is 2.18 bits per heavy atom. The first-order chi connectivity index (χ1) is 10.3. The smallest absolute Gasteiger partial charge is 0.408 e. The van der Waals surface area contributed by atoms with Crippen LogP contribution in [0.2, 0.25) is 0 Å². The Hall–Kier alpha value is -1.75. The summed E-state index contributed by atoms with van der Waals surface area (Å²) in [5.74, 6) is 0.207. The summed E-state index contributed by atoms with van der Waals surface area (Å²) >= 11 is 0. The number of ether oxygens (including phenoxy) is 1. The SMILES string of the molecule is C1CCNC1.CC(NC(=O)OC(C)(C)C)c1ccc(O)cc1. The lowest BCUT2D eigenvalue weighted by atomic mass is 10.1. The third-order valence-electron chi connectivity index (χ3n) is 3.08. The topological polar surface area (TPSA) is 70.6 Å². The molecule has 1 aromatic carbocycles. The Morgan fingerprint density at radius 1 is 1.23 bits per heavy atom. The van der Waals surface area contributed by atoms with Crippen molar-refractivity contribution in [2.45, 2.75) is 52.2 Å². The van der Waals surface area contributed by atoms with Crippen LogP contribution in [0.1, 0.15) is 52.1 Å². The fraction of sp³-hybridized carbons (Fsp3) is 0.588. The summed E-state index contributed by atoms with van der Waals surface area (Å²) in [5, 5.41) is 15.1. The normalized spacial score (nSPS) is 15.5. The summed E-state index contributed by atoms with van der Waals surface area (Å²) in [6.07, 6.45) is 2.33. The molecule has 2 rings (SSSR count). The van der Waals surface area contributed by atoms with E-state index in [0.717, 1.165) is 5.56 Å². The molecule has 1 amide bonds. The molecule has 0 spiro atoms. The molecule has 1 saturated heterocycles. The first-order valence-corrected chi connectivity index (χ1v) is 7.77. The Labute approximate surface area is 133 Å². The molecule has 1 heterocycles. The van der Waals surface area contributed by atoms with Crippen molar-refractivity contribution in [3.63, 3.8) is 0 Å². The van der Waals surface area contributed by atoms with Gasteiger partial charge in [0.1, 0.15) is 11.4 Å². The second-order valence-corrected chi connectivity index (χ2v) is 6.42. The van der Waals surface area contributed by atoms with Crippen LogP contribution in [0.25, 0.3) is 0 Å². The van der Waals surface area contributed by atoms with E-state index in [2.05, 4.69) is 10.6 Å². The fourth-order valence-electron chi connectivity index (χ4n) is 1.96. The highest BCUT2D eigenvalue weighted by molar-refractivity contribution is 5.68. The molecule has 1 aliphatic heterocycles. The van der Waals surface area contributed by atoms with Gasteiger partial charge in [-0.2, -0.15) is 0 Å². The van der Waals surface area contributed by atoms with E-state index in [4.69, 9.17) is 9.84 Å². The van der Waals surface area contributed by atoms with E-state index in [9.17, 15) is 4.79 Å². The molecule has 1 fully saturated rings. The van der Waals surface area contributed by atoms with Gasteiger partial charge in [0.2, 0.25) is 0 Å². The molecule has 0 aromatic heterocycles. The van der Waals surface area contributed by atoms with Crippen LogP contribution < -0.4 is 10.6 Å². The summed E-state index contributed by atoms with van der Waals surface area (Å²) in [7, 11) is 0. The Morgan fingerprint density at radius 2 is 1.77 bits per heavy atom. The number of amides is 1.